The highest BCUT2D eigenvalue weighted by molar-refractivity contribution is 5.92. The van der Waals surface area contributed by atoms with Gasteiger partial charge in [-0.3, -0.25) is 14.8 Å². The summed E-state index contributed by atoms with van der Waals surface area (Å²) >= 11 is 0. The molecule has 204 valence electrons. The molecular formula is C30H35N5O4. The zero-order chi connectivity index (χ0) is 27.6. The normalized spacial score (nSPS) is 13.8. The molecule has 1 aliphatic heterocycles. The standard InChI is InChI=1S/C30H35N5O4/c1-33(2)27-10-8-26(9-11-27)25-6-3-23(4-7-25)22-35(28-19-24(20-31-21-28)5-12-29(36)37)30(38)32-13-14-34-15-17-39-18-16-34/h3-12,19-21H,13-18,22H2,1-2H3,(H,32,38)(H,36,37)/b12-5+. The molecule has 9 heteroatoms. The predicted molar refractivity (Wildman–Crippen MR) is 154 cm³/mol. The van der Waals surface area contributed by atoms with Crippen molar-refractivity contribution in [1.82, 2.24) is 15.2 Å². The van der Waals surface area contributed by atoms with E-state index in [0.29, 0.717) is 37.6 Å². The number of carboxylic acid groups (broad SMARTS) is 1. The van der Waals surface area contributed by atoms with Crippen molar-refractivity contribution in [2.75, 3.05) is 63.3 Å². The van der Waals surface area contributed by atoms with Gasteiger partial charge in [-0.05, 0) is 46.5 Å². The summed E-state index contributed by atoms with van der Waals surface area (Å²) in [4.78, 5) is 34.5. The lowest BCUT2D eigenvalue weighted by Crippen LogP contribution is -2.45. The number of anilines is 2. The van der Waals surface area contributed by atoms with Crippen molar-refractivity contribution < 1.29 is 19.4 Å². The van der Waals surface area contributed by atoms with Gasteiger partial charge in [0, 0.05) is 58.2 Å². The zero-order valence-corrected chi connectivity index (χ0v) is 22.4. The van der Waals surface area contributed by atoms with Crippen LogP contribution in [0.3, 0.4) is 0 Å². The summed E-state index contributed by atoms with van der Waals surface area (Å²) in [6, 6.07) is 18.0. The van der Waals surface area contributed by atoms with Crippen LogP contribution in [-0.2, 0) is 16.1 Å². The van der Waals surface area contributed by atoms with Gasteiger partial charge >= 0.3 is 12.0 Å². The molecule has 2 heterocycles. The maximum Gasteiger partial charge on any atom is 0.328 e. The van der Waals surface area contributed by atoms with Gasteiger partial charge in [-0.25, -0.2) is 9.59 Å². The van der Waals surface area contributed by atoms with E-state index in [4.69, 9.17) is 9.84 Å². The molecule has 1 fully saturated rings. The highest BCUT2D eigenvalue weighted by atomic mass is 16.5. The Labute approximate surface area is 229 Å². The topological polar surface area (TPSA) is 98.2 Å². The molecule has 9 nitrogen and oxygen atoms in total. The molecule has 0 aliphatic carbocycles. The second-order valence-corrected chi connectivity index (χ2v) is 9.56. The monoisotopic (exact) mass is 529 g/mol. The fourth-order valence-corrected chi connectivity index (χ4v) is 4.31. The first-order valence-corrected chi connectivity index (χ1v) is 13.0. The van der Waals surface area contributed by atoms with Crippen molar-refractivity contribution in [3.05, 3.63) is 84.2 Å². The predicted octanol–water partition coefficient (Wildman–Crippen LogP) is 3.96. The number of amides is 2. The Balaban J connectivity index is 1.50. The lowest BCUT2D eigenvalue weighted by molar-refractivity contribution is -0.131. The summed E-state index contributed by atoms with van der Waals surface area (Å²) in [5.74, 6) is -1.05. The highest BCUT2D eigenvalue weighted by Gasteiger charge is 2.18. The minimum Gasteiger partial charge on any atom is -0.478 e. The third-order valence-corrected chi connectivity index (χ3v) is 6.54. The average molecular weight is 530 g/mol. The van der Waals surface area contributed by atoms with Gasteiger partial charge < -0.3 is 20.1 Å². The average Bonchev–Trinajstić information content (AvgIpc) is 2.96. The van der Waals surface area contributed by atoms with Crippen LogP contribution in [-0.4, -0.2) is 80.5 Å². The van der Waals surface area contributed by atoms with E-state index in [1.807, 2.05) is 26.2 Å². The molecule has 4 rings (SSSR count). The number of nitrogens with one attached hydrogen (secondary N) is 1. The van der Waals surface area contributed by atoms with Crippen LogP contribution in [0.5, 0.6) is 0 Å². The van der Waals surface area contributed by atoms with Crippen molar-refractivity contribution in [2.24, 2.45) is 0 Å². The SMILES string of the molecule is CN(C)c1ccc(-c2ccc(CN(C(=O)NCCN3CCOCC3)c3cncc(/C=C/C(=O)O)c3)cc2)cc1. The van der Waals surface area contributed by atoms with E-state index >= 15 is 0 Å². The van der Waals surface area contributed by atoms with Crippen LogP contribution < -0.4 is 15.1 Å². The number of aliphatic carboxylic acids is 1. The van der Waals surface area contributed by atoms with Gasteiger partial charge in [-0.15, -0.1) is 0 Å². The van der Waals surface area contributed by atoms with Crippen LogP contribution in [0.1, 0.15) is 11.1 Å². The number of benzene rings is 2. The molecule has 0 unspecified atom stereocenters. The summed E-state index contributed by atoms with van der Waals surface area (Å²) in [5, 5.41) is 12.0. The molecule has 0 spiro atoms. The number of carboxylic acids is 1. The molecular weight excluding hydrogens is 494 g/mol. The van der Waals surface area contributed by atoms with E-state index in [0.717, 1.165) is 48.1 Å². The molecule has 2 N–H and O–H groups in total. The summed E-state index contributed by atoms with van der Waals surface area (Å²) < 4.78 is 5.40. The van der Waals surface area contributed by atoms with Crippen LogP contribution in [0.4, 0.5) is 16.2 Å². The first-order chi connectivity index (χ1) is 18.9. The van der Waals surface area contributed by atoms with Crippen molar-refractivity contribution in [1.29, 1.82) is 0 Å². The molecule has 0 radical (unpaired) electrons. The van der Waals surface area contributed by atoms with Crippen molar-refractivity contribution in [2.45, 2.75) is 6.54 Å². The lowest BCUT2D eigenvalue weighted by Gasteiger charge is -2.28. The second kappa shape index (κ2) is 13.5. The fourth-order valence-electron chi connectivity index (χ4n) is 4.31. The number of ether oxygens (including phenoxy) is 1. The van der Waals surface area contributed by atoms with Crippen molar-refractivity contribution in [3.8, 4) is 11.1 Å². The first kappa shape index (κ1) is 27.8. The van der Waals surface area contributed by atoms with Gasteiger partial charge in [0.25, 0.3) is 0 Å². The molecule has 0 atom stereocenters. The van der Waals surface area contributed by atoms with E-state index in [2.05, 4.69) is 56.5 Å². The zero-order valence-electron chi connectivity index (χ0n) is 22.4. The quantitative estimate of drug-likeness (QED) is 0.384. The number of urea groups is 1. The van der Waals surface area contributed by atoms with Crippen molar-refractivity contribution >= 4 is 29.5 Å². The van der Waals surface area contributed by atoms with E-state index in [9.17, 15) is 9.59 Å². The number of nitrogens with zero attached hydrogens (tertiary/aromatic N) is 4. The Kier molecular flexibility index (Phi) is 9.66. The Morgan fingerprint density at radius 1 is 1.00 bits per heavy atom. The Hall–Kier alpha value is -4.21. The minimum absolute atomic E-state index is 0.243. The minimum atomic E-state index is -1.05. The maximum atomic E-state index is 13.4. The van der Waals surface area contributed by atoms with Crippen LogP contribution >= 0.6 is 0 Å². The van der Waals surface area contributed by atoms with Crippen LogP contribution in [0.2, 0.25) is 0 Å². The molecule has 1 saturated heterocycles. The molecule has 39 heavy (non-hydrogen) atoms. The summed E-state index contributed by atoms with van der Waals surface area (Å²) in [7, 11) is 4.03. The highest BCUT2D eigenvalue weighted by Crippen LogP contribution is 2.24. The van der Waals surface area contributed by atoms with Gasteiger partial charge in [0.2, 0.25) is 0 Å². The van der Waals surface area contributed by atoms with E-state index < -0.39 is 5.97 Å². The van der Waals surface area contributed by atoms with Gasteiger partial charge in [-0.2, -0.15) is 0 Å². The van der Waals surface area contributed by atoms with Crippen LogP contribution in [0.25, 0.3) is 17.2 Å². The number of morpholine rings is 1. The largest absolute Gasteiger partial charge is 0.478 e. The lowest BCUT2D eigenvalue weighted by atomic mass is 10.0. The third kappa shape index (κ3) is 8.13. The molecule has 2 amide bonds. The summed E-state index contributed by atoms with van der Waals surface area (Å²) in [6.45, 7) is 4.69. The van der Waals surface area contributed by atoms with Crippen LogP contribution in [0.15, 0.2) is 73.1 Å². The number of carbonyl (C=O) groups excluding carboxylic acids is 1. The number of pyridine rings is 1. The maximum absolute atomic E-state index is 13.4. The Morgan fingerprint density at radius 2 is 1.67 bits per heavy atom. The van der Waals surface area contributed by atoms with Gasteiger partial charge in [0.1, 0.15) is 0 Å². The Morgan fingerprint density at radius 3 is 2.31 bits per heavy atom. The van der Waals surface area contributed by atoms with Gasteiger partial charge in [0.15, 0.2) is 0 Å². The second-order valence-electron chi connectivity index (χ2n) is 9.56. The number of rotatable bonds is 10. The molecule has 1 aromatic heterocycles. The van der Waals surface area contributed by atoms with E-state index in [1.54, 1.807) is 23.4 Å². The van der Waals surface area contributed by atoms with E-state index in [-0.39, 0.29) is 6.03 Å². The number of hydrogen-bond acceptors (Lipinski definition) is 6. The summed E-state index contributed by atoms with van der Waals surface area (Å²) in [6.07, 6.45) is 5.69. The molecule has 3 aromatic rings. The van der Waals surface area contributed by atoms with E-state index in [1.165, 1.54) is 6.08 Å². The third-order valence-electron chi connectivity index (χ3n) is 6.54. The fraction of sp³-hybridized carbons (Fsp3) is 0.300. The molecule has 0 bridgehead atoms. The van der Waals surface area contributed by atoms with Crippen LogP contribution in [0, 0.1) is 0 Å². The summed E-state index contributed by atoms with van der Waals surface area (Å²) in [5.41, 5.74) is 5.48. The molecule has 0 saturated carbocycles. The van der Waals surface area contributed by atoms with Gasteiger partial charge in [0.05, 0.1) is 31.6 Å². The number of hydrogen-bond donors (Lipinski definition) is 2. The number of carbonyl (C=O) groups is 2. The Bertz CT molecular complexity index is 1270. The molecule has 2 aromatic carbocycles. The molecule has 1 aliphatic rings. The number of aromatic nitrogens is 1. The van der Waals surface area contributed by atoms with Crippen molar-refractivity contribution in [3.63, 3.8) is 0 Å². The smallest absolute Gasteiger partial charge is 0.328 e. The first-order valence-electron chi connectivity index (χ1n) is 13.0. The van der Waals surface area contributed by atoms with Gasteiger partial charge in [-0.1, -0.05) is 36.4 Å².